The average Bonchev–Trinajstić information content (AvgIpc) is 2.94. The molecule has 13 heteroatoms. The normalized spacial score (nSPS) is 13.9. The van der Waals surface area contributed by atoms with Crippen LogP contribution >= 0.6 is 23.5 Å². The van der Waals surface area contributed by atoms with Crippen molar-refractivity contribution in [2.24, 2.45) is 0 Å². The van der Waals surface area contributed by atoms with Crippen LogP contribution in [-0.4, -0.2) is 71.1 Å². The molecule has 2 rings (SSSR count). The van der Waals surface area contributed by atoms with Gasteiger partial charge in [-0.15, -0.1) is 0 Å². The lowest BCUT2D eigenvalue weighted by atomic mass is 10.0. The monoisotopic (exact) mass is 619 g/mol. The zero-order valence-electron chi connectivity index (χ0n) is 23.0. The highest BCUT2D eigenvalue weighted by Crippen LogP contribution is 2.29. The zero-order valence-corrected chi connectivity index (χ0v) is 24.6. The molecule has 3 atom stereocenters. The molecule has 2 aromatic carbocycles. The number of alkyl carbamates (subject to hydrolysis) is 1. The number of rotatable bonds is 16. The second kappa shape index (κ2) is 17.4. The van der Waals surface area contributed by atoms with Gasteiger partial charge in [-0.05, 0) is 67.0 Å². The average molecular weight is 620 g/mol. The summed E-state index contributed by atoms with van der Waals surface area (Å²) in [6.45, 7) is 2.22. The molecular weight excluding hydrogens is 583 g/mol. The van der Waals surface area contributed by atoms with Crippen molar-refractivity contribution in [3.8, 4) is 0 Å². The number of aliphatic hydroxyl groups is 2. The molecule has 0 bridgehead atoms. The fraction of sp³-hybridized carbons (Fsp3) is 0.500. The molecule has 0 aliphatic rings. The molecule has 0 spiro atoms. The SMILES string of the molecule is CCCN(Sc1ccc(CO)cc1)C(CO)CCCC(NC(=O)[C@H](Cc1ccccc1Cl)NC(=O)OC)C(F)(F)F. The summed E-state index contributed by atoms with van der Waals surface area (Å²) in [4.78, 5) is 25.7. The predicted octanol–water partition coefficient (Wildman–Crippen LogP) is 5.10. The molecule has 2 unspecified atom stereocenters. The van der Waals surface area contributed by atoms with Crippen molar-refractivity contribution >= 4 is 35.5 Å². The van der Waals surface area contributed by atoms with E-state index in [-0.39, 0.29) is 32.5 Å². The standard InChI is InChI=1S/C28H37ClF3N3O5S/c1-3-15-35(41-22-13-11-19(17-36)12-14-22)21(18-37)8-6-10-25(28(30,31)32)34-26(38)24(33-27(39)40-2)16-20-7-4-5-9-23(20)29/h4-5,7,9,11-14,21,24-25,36-37H,3,6,8,10,15-18H2,1-2H3,(H,33,39)(H,34,38)/t21?,24-,25?/m0/s1. The Labute approximate surface area is 247 Å². The quantitative estimate of drug-likeness (QED) is 0.194. The molecule has 0 heterocycles. The zero-order chi connectivity index (χ0) is 30.4. The van der Waals surface area contributed by atoms with E-state index in [2.05, 4.69) is 10.1 Å². The van der Waals surface area contributed by atoms with E-state index in [9.17, 15) is 33.0 Å². The summed E-state index contributed by atoms with van der Waals surface area (Å²) in [6, 6.07) is 9.81. The third kappa shape index (κ3) is 11.7. The van der Waals surface area contributed by atoms with Gasteiger partial charge in [0.2, 0.25) is 5.91 Å². The van der Waals surface area contributed by atoms with Crippen molar-refractivity contribution in [1.82, 2.24) is 14.9 Å². The fourth-order valence-electron chi connectivity index (χ4n) is 4.08. The summed E-state index contributed by atoms with van der Waals surface area (Å²) >= 11 is 7.55. The molecule has 0 radical (unpaired) electrons. The first-order valence-corrected chi connectivity index (χ1v) is 14.4. The largest absolute Gasteiger partial charge is 0.453 e. The Balaban J connectivity index is 2.09. The van der Waals surface area contributed by atoms with Crippen molar-refractivity contribution in [2.45, 2.75) is 74.8 Å². The number of hydrogen-bond donors (Lipinski definition) is 4. The Hall–Kier alpha value is -2.51. The van der Waals surface area contributed by atoms with Crippen molar-refractivity contribution < 1.29 is 37.7 Å². The number of carbonyl (C=O) groups excluding carboxylic acids is 2. The summed E-state index contributed by atoms with van der Waals surface area (Å²) in [6.07, 6.45) is -5.18. The van der Waals surface area contributed by atoms with Gasteiger partial charge in [0, 0.05) is 28.9 Å². The lowest BCUT2D eigenvalue weighted by Gasteiger charge is -2.30. The van der Waals surface area contributed by atoms with Crippen LogP contribution in [0.3, 0.4) is 0 Å². The second-order valence-electron chi connectivity index (χ2n) is 9.39. The molecule has 2 amide bonds. The number of alkyl halides is 3. The highest BCUT2D eigenvalue weighted by molar-refractivity contribution is 7.97. The fourth-order valence-corrected chi connectivity index (χ4v) is 5.42. The first-order chi connectivity index (χ1) is 19.5. The van der Waals surface area contributed by atoms with Gasteiger partial charge < -0.3 is 25.6 Å². The Morgan fingerprint density at radius 1 is 1.07 bits per heavy atom. The molecule has 0 fully saturated rings. The molecule has 4 N–H and O–H groups in total. The molecule has 41 heavy (non-hydrogen) atoms. The number of aliphatic hydroxyl groups excluding tert-OH is 2. The number of amides is 2. The molecule has 0 saturated heterocycles. The topological polar surface area (TPSA) is 111 Å². The number of halogens is 4. The van der Waals surface area contributed by atoms with Crippen molar-refractivity contribution in [2.75, 3.05) is 20.3 Å². The Morgan fingerprint density at radius 3 is 2.32 bits per heavy atom. The van der Waals surface area contributed by atoms with Gasteiger partial charge in [0.15, 0.2) is 0 Å². The van der Waals surface area contributed by atoms with Crippen LogP contribution in [0.2, 0.25) is 5.02 Å². The maximum atomic E-state index is 14.0. The van der Waals surface area contributed by atoms with Gasteiger partial charge in [-0.2, -0.15) is 13.2 Å². The minimum Gasteiger partial charge on any atom is -0.453 e. The first-order valence-electron chi connectivity index (χ1n) is 13.2. The van der Waals surface area contributed by atoms with Crippen LogP contribution in [0.4, 0.5) is 18.0 Å². The van der Waals surface area contributed by atoms with E-state index in [4.69, 9.17) is 11.6 Å². The number of methoxy groups -OCH3 is 1. The smallest absolute Gasteiger partial charge is 0.408 e. The van der Waals surface area contributed by atoms with Crippen LogP contribution in [0.15, 0.2) is 53.4 Å². The molecule has 8 nitrogen and oxygen atoms in total. The van der Waals surface area contributed by atoms with Gasteiger partial charge in [-0.3, -0.25) is 4.79 Å². The number of ether oxygens (including phenoxy) is 1. The van der Waals surface area contributed by atoms with E-state index in [1.807, 2.05) is 28.7 Å². The maximum absolute atomic E-state index is 14.0. The minimum absolute atomic E-state index is 0.0690. The van der Waals surface area contributed by atoms with E-state index >= 15 is 0 Å². The van der Waals surface area contributed by atoms with E-state index in [0.717, 1.165) is 24.0 Å². The van der Waals surface area contributed by atoms with E-state index in [1.54, 1.807) is 36.4 Å². The number of hydrogen-bond acceptors (Lipinski definition) is 7. The summed E-state index contributed by atoms with van der Waals surface area (Å²) in [5.74, 6) is -1.02. The Kier molecular flexibility index (Phi) is 14.8. The number of nitrogens with one attached hydrogen (secondary N) is 2. The first kappa shape index (κ1) is 34.7. The molecule has 0 aromatic heterocycles. The predicted molar refractivity (Wildman–Crippen MR) is 152 cm³/mol. The van der Waals surface area contributed by atoms with Gasteiger partial charge in [-0.1, -0.05) is 48.9 Å². The van der Waals surface area contributed by atoms with Crippen LogP contribution in [0, 0.1) is 0 Å². The third-order valence-electron chi connectivity index (χ3n) is 6.31. The molecule has 0 aliphatic heterocycles. The van der Waals surface area contributed by atoms with Crippen LogP contribution in [0.1, 0.15) is 43.7 Å². The van der Waals surface area contributed by atoms with Gasteiger partial charge in [0.1, 0.15) is 12.1 Å². The van der Waals surface area contributed by atoms with Crippen molar-refractivity contribution in [3.63, 3.8) is 0 Å². The Morgan fingerprint density at radius 2 is 1.76 bits per heavy atom. The molecule has 0 aliphatic carbocycles. The number of benzene rings is 2. The summed E-state index contributed by atoms with van der Waals surface area (Å²) in [7, 11) is 1.08. The minimum atomic E-state index is -4.74. The van der Waals surface area contributed by atoms with Crippen LogP contribution in [0.5, 0.6) is 0 Å². The van der Waals surface area contributed by atoms with Crippen LogP contribution < -0.4 is 10.6 Å². The van der Waals surface area contributed by atoms with E-state index in [1.165, 1.54) is 11.9 Å². The number of nitrogens with zero attached hydrogens (tertiary/aromatic N) is 1. The van der Waals surface area contributed by atoms with E-state index < -0.39 is 42.7 Å². The lowest BCUT2D eigenvalue weighted by molar-refractivity contribution is -0.163. The number of carbonyl (C=O) groups is 2. The van der Waals surface area contributed by atoms with Crippen molar-refractivity contribution in [3.05, 3.63) is 64.7 Å². The molecule has 228 valence electrons. The van der Waals surface area contributed by atoms with Gasteiger partial charge >= 0.3 is 12.3 Å². The molecule has 2 aromatic rings. The summed E-state index contributed by atoms with van der Waals surface area (Å²) in [5, 5.41) is 23.9. The van der Waals surface area contributed by atoms with Gasteiger partial charge in [0.05, 0.1) is 20.3 Å². The van der Waals surface area contributed by atoms with Gasteiger partial charge in [-0.25, -0.2) is 9.10 Å². The lowest BCUT2D eigenvalue weighted by Crippen LogP contribution is -2.54. The van der Waals surface area contributed by atoms with Crippen molar-refractivity contribution in [1.29, 1.82) is 0 Å². The maximum Gasteiger partial charge on any atom is 0.408 e. The molecular formula is C28H37ClF3N3O5S. The molecule has 0 saturated carbocycles. The summed E-state index contributed by atoms with van der Waals surface area (Å²) < 4.78 is 48.4. The van der Waals surface area contributed by atoms with E-state index in [0.29, 0.717) is 17.1 Å². The highest BCUT2D eigenvalue weighted by atomic mass is 35.5. The summed E-state index contributed by atoms with van der Waals surface area (Å²) in [5.41, 5.74) is 1.23. The highest BCUT2D eigenvalue weighted by Gasteiger charge is 2.41. The Bertz CT molecular complexity index is 1090. The second-order valence-corrected chi connectivity index (χ2v) is 10.9. The van der Waals surface area contributed by atoms with Gasteiger partial charge in [0.25, 0.3) is 0 Å². The van der Waals surface area contributed by atoms with Crippen LogP contribution in [0.25, 0.3) is 0 Å². The van der Waals surface area contributed by atoms with Crippen LogP contribution in [-0.2, 0) is 22.6 Å². The third-order valence-corrected chi connectivity index (χ3v) is 7.88.